The van der Waals surface area contributed by atoms with E-state index in [-0.39, 0.29) is 24.2 Å². The van der Waals surface area contributed by atoms with Gasteiger partial charge in [-0.2, -0.15) is 0 Å². The van der Waals surface area contributed by atoms with Gasteiger partial charge in [0.1, 0.15) is 5.69 Å². The second-order valence-corrected chi connectivity index (χ2v) is 8.94. The van der Waals surface area contributed by atoms with E-state index in [1.165, 1.54) is 5.56 Å². The van der Waals surface area contributed by atoms with Crippen LogP contribution in [0.4, 0.5) is 5.69 Å². The van der Waals surface area contributed by atoms with Crippen molar-refractivity contribution < 1.29 is 9.90 Å². The van der Waals surface area contributed by atoms with E-state index in [0.29, 0.717) is 24.7 Å². The topological polar surface area (TPSA) is 92.3 Å². The maximum absolute atomic E-state index is 13.1. The van der Waals surface area contributed by atoms with Crippen LogP contribution in [0.2, 0.25) is 0 Å². The van der Waals surface area contributed by atoms with Crippen LogP contribution in [0.25, 0.3) is 10.9 Å². The number of piperidine rings is 1. The number of carbonyl (C=O) groups is 1. The maximum Gasteiger partial charge on any atom is 0.185 e. The summed E-state index contributed by atoms with van der Waals surface area (Å²) in [5.74, 6) is 0.415. The highest BCUT2D eigenvalue weighted by Crippen LogP contribution is 2.27. The third-order valence-corrected chi connectivity index (χ3v) is 6.20. The lowest BCUT2D eigenvalue weighted by atomic mass is 9.92. The summed E-state index contributed by atoms with van der Waals surface area (Å²) in [5.41, 5.74) is 10.4. The third-order valence-electron chi connectivity index (χ3n) is 6.20. The van der Waals surface area contributed by atoms with Gasteiger partial charge in [0.15, 0.2) is 5.78 Å². The molecule has 3 heterocycles. The normalized spacial score (nSPS) is 21.6. The number of Topliss-reactive ketones (excluding diaryl/α,β-unsaturated/α-hetero) is 1. The zero-order chi connectivity index (χ0) is 22.1. The van der Waals surface area contributed by atoms with Crippen molar-refractivity contribution in [3.63, 3.8) is 0 Å². The number of ketones is 1. The number of nitrogens with two attached hydrogens (primary N) is 1. The van der Waals surface area contributed by atoms with Gasteiger partial charge >= 0.3 is 0 Å². The van der Waals surface area contributed by atoms with Crippen LogP contribution in [0.1, 0.15) is 48.3 Å². The predicted molar refractivity (Wildman–Crippen MR) is 123 cm³/mol. The molecule has 1 aliphatic heterocycles. The van der Waals surface area contributed by atoms with Gasteiger partial charge in [0.25, 0.3) is 0 Å². The number of pyridine rings is 2. The molecule has 1 aromatic carbocycles. The van der Waals surface area contributed by atoms with Crippen molar-refractivity contribution in [3.05, 3.63) is 65.6 Å². The minimum atomic E-state index is -0.513. The lowest BCUT2D eigenvalue weighted by molar-refractivity contribution is 0.0784. The Bertz CT molecular complexity index is 1090. The van der Waals surface area contributed by atoms with E-state index in [2.05, 4.69) is 46.9 Å². The Balaban J connectivity index is 1.59. The highest BCUT2D eigenvalue weighted by atomic mass is 16.3. The largest absolute Gasteiger partial charge is 0.391 e. The fourth-order valence-corrected chi connectivity index (χ4v) is 4.29. The number of hydrogen-bond acceptors (Lipinski definition) is 6. The zero-order valence-corrected chi connectivity index (χ0v) is 18.3. The first-order valence-electron chi connectivity index (χ1n) is 10.9. The molecule has 6 heteroatoms. The van der Waals surface area contributed by atoms with Crippen LogP contribution in [-0.2, 0) is 6.42 Å². The molecule has 1 saturated heterocycles. The number of fused-ring (bicyclic) bond motifs is 1. The lowest BCUT2D eigenvalue weighted by Crippen LogP contribution is -2.55. The first-order chi connectivity index (χ1) is 14.8. The maximum atomic E-state index is 13.1. The molecule has 0 amide bonds. The number of anilines is 1. The van der Waals surface area contributed by atoms with Gasteiger partial charge in [0.2, 0.25) is 0 Å². The third kappa shape index (κ3) is 4.45. The molecular formula is C25H30N4O2. The van der Waals surface area contributed by atoms with Crippen molar-refractivity contribution in [2.24, 2.45) is 11.7 Å². The Morgan fingerprint density at radius 2 is 2.00 bits per heavy atom. The van der Waals surface area contributed by atoms with Crippen LogP contribution in [0.15, 0.2) is 48.8 Å². The molecule has 3 N–H and O–H groups in total. The Hall–Kier alpha value is -2.83. The SMILES string of the molecule is CC(C)c1ccc2ccc(C(=O)Cc3cnccc3N3C[C@@H](N)[C@H](O)[C@@H](C)C3)nc2c1. The van der Waals surface area contributed by atoms with Crippen LogP contribution in [0, 0.1) is 5.92 Å². The quantitative estimate of drug-likeness (QED) is 0.618. The van der Waals surface area contributed by atoms with Crippen molar-refractivity contribution in [1.29, 1.82) is 0 Å². The first kappa shape index (κ1) is 21.4. The summed E-state index contributed by atoms with van der Waals surface area (Å²) < 4.78 is 0. The van der Waals surface area contributed by atoms with Gasteiger partial charge in [0, 0.05) is 60.5 Å². The number of aromatic nitrogens is 2. The van der Waals surface area contributed by atoms with Crippen molar-refractivity contribution in [2.75, 3.05) is 18.0 Å². The lowest BCUT2D eigenvalue weighted by Gasteiger charge is -2.40. The number of carbonyl (C=O) groups excluding carboxylic acids is 1. The van der Waals surface area contributed by atoms with Gasteiger partial charge in [-0.15, -0.1) is 0 Å². The monoisotopic (exact) mass is 418 g/mol. The Morgan fingerprint density at radius 1 is 1.23 bits per heavy atom. The summed E-state index contributed by atoms with van der Waals surface area (Å²) in [6, 6.07) is 11.6. The number of aliphatic hydroxyl groups excluding tert-OH is 1. The van der Waals surface area contributed by atoms with E-state index in [1.807, 2.05) is 19.1 Å². The molecule has 31 heavy (non-hydrogen) atoms. The van der Waals surface area contributed by atoms with Crippen LogP contribution < -0.4 is 10.6 Å². The molecule has 6 nitrogen and oxygen atoms in total. The number of hydrogen-bond donors (Lipinski definition) is 2. The van der Waals surface area contributed by atoms with Gasteiger partial charge in [-0.05, 0) is 29.7 Å². The van der Waals surface area contributed by atoms with E-state index in [0.717, 1.165) is 22.2 Å². The minimum Gasteiger partial charge on any atom is -0.391 e. The van der Waals surface area contributed by atoms with E-state index in [4.69, 9.17) is 5.73 Å². The molecule has 0 aliphatic carbocycles. The fourth-order valence-electron chi connectivity index (χ4n) is 4.29. The summed E-state index contributed by atoms with van der Waals surface area (Å²) in [7, 11) is 0. The van der Waals surface area contributed by atoms with Gasteiger partial charge < -0.3 is 15.7 Å². The van der Waals surface area contributed by atoms with E-state index < -0.39 is 6.10 Å². The molecule has 3 aromatic rings. The van der Waals surface area contributed by atoms with E-state index >= 15 is 0 Å². The standard InChI is InChI=1S/C25H30N4O2/c1-15(2)18-5-4-17-6-7-21(28-22(17)10-18)24(30)11-19-12-27-9-8-23(19)29-13-16(3)25(31)20(26)14-29/h4-10,12,15-16,20,25,31H,11,13-14,26H2,1-3H3/t16-,20+,25+/m0/s1. The highest BCUT2D eigenvalue weighted by molar-refractivity contribution is 5.98. The highest BCUT2D eigenvalue weighted by Gasteiger charge is 2.31. The predicted octanol–water partition coefficient (Wildman–Crippen LogP) is 3.32. The second kappa shape index (κ2) is 8.73. The van der Waals surface area contributed by atoms with E-state index in [9.17, 15) is 9.90 Å². The summed E-state index contributed by atoms with van der Waals surface area (Å²) in [5, 5.41) is 11.2. The molecule has 0 radical (unpaired) electrons. The van der Waals surface area contributed by atoms with Gasteiger partial charge in [0.05, 0.1) is 11.6 Å². The van der Waals surface area contributed by atoms with Crippen LogP contribution >= 0.6 is 0 Å². The minimum absolute atomic E-state index is 0.0412. The van der Waals surface area contributed by atoms with Crippen LogP contribution in [0.3, 0.4) is 0 Å². The van der Waals surface area contributed by atoms with Gasteiger partial charge in [-0.3, -0.25) is 9.78 Å². The Kier molecular flexibility index (Phi) is 6.03. The first-order valence-corrected chi connectivity index (χ1v) is 10.9. The van der Waals surface area contributed by atoms with Crippen molar-refractivity contribution in [3.8, 4) is 0 Å². The summed E-state index contributed by atoms with van der Waals surface area (Å²) in [6.07, 6.45) is 3.17. The average molecular weight is 419 g/mol. The summed E-state index contributed by atoms with van der Waals surface area (Å²) in [6.45, 7) is 7.52. The number of rotatable bonds is 5. The molecule has 4 rings (SSSR count). The molecule has 0 saturated carbocycles. The number of benzene rings is 1. The number of aliphatic hydroxyl groups is 1. The summed E-state index contributed by atoms with van der Waals surface area (Å²) in [4.78, 5) is 24.2. The number of nitrogens with zero attached hydrogens (tertiary/aromatic N) is 3. The van der Waals surface area contributed by atoms with Crippen molar-refractivity contribution in [2.45, 2.75) is 45.3 Å². The smallest absolute Gasteiger partial charge is 0.185 e. The Morgan fingerprint density at radius 3 is 2.74 bits per heavy atom. The van der Waals surface area contributed by atoms with Crippen LogP contribution in [-0.4, -0.2) is 46.1 Å². The van der Waals surface area contributed by atoms with Gasteiger partial charge in [-0.1, -0.05) is 39.0 Å². The molecule has 0 unspecified atom stereocenters. The zero-order valence-electron chi connectivity index (χ0n) is 18.3. The average Bonchev–Trinajstić information content (AvgIpc) is 2.76. The fraction of sp³-hybridized carbons (Fsp3) is 0.400. The molecular weight excluding hydrogens is 388 g/mol. The van der Waals surface area contributed by atoms with Crippen LogP contribution in [0.5, 0.6) is 0 Å². The second-order valence-electron chi connectivity index (χ2n) is 8.94. The Labute approximate surface area is 183 Å². The molecule has 2 aromatic heterocycles. The van der Waals surface area contributed by atoms with Gasteiger partial charge in [-0.25, -0.2) is 4.98 Å². The molecule has 162 valence electrons. The summed E-state index contributed by atoms with van der Waals surface area (Å²) >= 11 is 0. The van der Waals surface area contributed by atoms with Crippen molar-refractivity contribution >= 4 is 22.4 Å². The molecule has 1 fully saturated rings. The van der Waals surface area contributed by atoms with E-state index in [1.54, 1.807) is 18.5 Å². The molecule has 1 aliphatic rings. The molecule has 0 bridgehead atoms. The molecule has 0 spiro atoms. The van der Waals surface area contributed by atoms with Crippen molar-refractivity contribution in [1.82, 2.24) is 9.97 Å². The molecule has 3 atom stereocenters.